The van der Waals surface area contributed by atoms with Crippen molar-refractivity contribution in [3.05, 3.63) is 34.9 Å². The van der Waals surface area contributed by atoms with Crippen LogP contribution in [0.1, 0.15) is 68.2 Å². The number of hydrogen-bond acceptors (Lipinski definition) is 1. The number of terminal acetylenes is 1. The first-order chi connectivity index (χ1) is 11.6. The molecule has 0 N–H and O–H groups in total. The van der Waals surface area contributed by atoms with Crippen LogP contribution in [0.3, 0.4) is 0 Å². The molecule has 0 spiro atoms. The molecule has 2 atom stereocenters. The van der Waals surface area contributed by atoms with Crippen molar-refractivity contribution in [1.82, 2.24) is 4.90 Å². The van der Waals surface area contributed by atoms with Crippen molar-refractivity contribution >= 4 is 5.91 Å². The first kappa shape index (κ1) is 15.8. The van der Waals surface area contributed by atoms with Gasteiger partial charge >= 0.3 is 0 Å². The van der Waals surface area contributed by atoms with Gasteiger partial charge in [0, 0.05) is 6.04 Å². The normalized spacial score (nSPS) is 33.0. The van der Waals surface area contributed by atoms with E-state index in [2.05, 4.69) is 42.9 Å². The van der Waals surface area contributed by atoms with Crippen LogP contribution in [0.2, 0.25) is 0 Å². The quantitative estimate of drug-likeness (QED) is 0.752. The zero-order valence-corrected chi connectivity index (χ0v) is 14.8. The molecule has 1 aliphatic heterocycles. The molecule has 126 valence electrons. The molecular formula is C22H27NO. The molecule has 2 nitrogen and oxygen atoms in total. The van der Waals surface area contributed by atoms with E-state index >= 15 is 0 Å². The molecule has 4 aliphatic rings. The number of carbonyl (C=O) groups excluding carboxylic acids is 1. The lowest BCUT2D eigenvalue weighted by molar-refractivity contribution is -0.181. The molecule has 1 aromatic carbocycles. The van der Waals surface area contributed by atoms with Crippen molar-refractivity contribution in [2.75, 3.05) is 0 Å². The summed E-state index contributed by atoms with van der Waals surface area (Å²) in [6.45, 7) is 4.38. The largest absolute Gasteiger partial charge is 0.321 e. The van der Waals surface area contributed by atoms with Crippen LogP contribution in [-0.2, 0) is 11.2 Å². The molecule has 0 radical (unpaired) electrons. The number of hydrogen-bond donors (Lipinski definition) is 0. The van der Waals surface area contributed by atoms with E-state index in [1.165, 1.54) is 36.0 Å². The van der Waals surface area contributed by atoms with E-state index in [9.17, 15) is 4.79 Å². The zero-order valence-electron chi connectivity index (χ0n) is 14.8. The minimum atomic E-state index is -0.1000. The van der Waals surface area contributed by atoms with E-state index < -0.39 is 0 Å². The van der Waals surface area contributed by atoms with Gasteiger partial charge in [-0.05, 0) is 67.4 Å². The Morgan fingerprint density at radius 3 is 2.71 bits per heavy atom. The van der Waals surface area contributed by atoms with Gasteiger partial charge in [-0.2, -0.15) is 0 Å². The molecule has 1 amide bonds. The number of fused-ring (bicyclic) bond motifs is 1. The number of nitrogens with zero attached hydrogens (tertiary/aromatic N) is 1. The van der Waals surface area contributed by atoms with E-state index in [-0.39, 0.29) is 18.0 Å². The number of amides is 1. The summed E-state index contributed by atoms with van der Waals surface area (Å²) in [7, 11) is 0. The standard InChI is InChI=1S/C22H27NO/c1-4-6-7-18-11-17-10-15(3)8-9-19(17)21(23(18)20(24)5-2)22-12-16(13-22)14-22/h2,8-10,16,18,21H,4,6-7,11-14H2,1,3H3/t16?,18-,21+,22?/m0/s1. The molecule has 2 heteroatoms. The number of aryl methyl sites for hydroxylation is 1. The Balaban J connectivity index is 1.78. The first-order valence-electron chi connectivity index (χ1n) is 9.46. The molecule has 1 heterocycles. The van der Waals surface area contributed by atoms with Gasteiger partial charge in [-0.3, -0.25) is 4.79 Å². The predicted octanol–water partition coefficient (Wildman–Crippen LogP) is 4.41. The highest BCUT2D eigenvalue weighted by atomic mass is 16.2. The number of rotatable bonds is 4. The first-order valence-corrected chi connectivity index (χ1v) is 9.46. The maximum absolute atomic E-state index is 12.7. The second-order valence-corrected chi connectivity index (χ2v) is 8.30. The summed E-state index contributed by atoms with van der Waals surface area (Å²) < 4.78 is 0. The summed E-state index contributed by atoms with van der Waals surface area (Å²) in [5.74, 6) is 3.24. The minimum absolute atomic E-state index is 0.1000. The van der Waals surface area contributed by atoms with E-state index in [0.717, 1.165) is 31.6 Å². The highest BCUT2D eigenvalue weighted by Crippen LogP contribution is 2.71. The molecule has 5 rings (SSSR count). The molecule has 24 heavy (non-hydrogen) atoms. The van der Waals surface area contributed by atoms with Gasteiger partial charge in [0.2, 0.25) is 0 Å². The monoisotopic (exact) mass is 321 g/mol. The smallest absolute Gasteiger partial charge is 0.299 e. The highest BCUT2D eigenvalue weighted by Gasteiger charge is 2.64. The fourth-order valence-electron chi connectivity index (χ4n) is 5.43. The Kier molecular flexibility index (Phi) is 3.71. The van der Waals surface area contributed by atoms with E-state index in [4.69, 9.17) is 6.42 Å². The van der Waals surface area contributed by atoms with Crippen LogP contribution in [-0.4, -0.2) is 16.8 Å². The lowest BCUT2D eigenvalue weighted by atomic mass is 9.40. The molecule has 3 fully saturated rings. The summed E-state index contributed by atoms with van der Waals surface area (Å²) in [6, 6.07) is 7.27. The van der Waals surface area contributed by atoms with Gasteiger partial charge in [-0.1, -0.05) is 43.5 Å². The average Bonchev–Trinajstić information content (AvgIpc) is 2.48. The second kappa shape index (κ2) is 5.66. The molecule has 2 bridgehead atoms. The number of benzene rings is 1. The number of carbonyl (C=O) groups is 1. The van der Waals surface area contributed by atoms with Gasteiger partial charge in [0.25, 0.3) is 5.91 Å². The van der Waals surface area contributed by atoms with Crippen LogP contribution in [0, 0.1) is 30.6 Å². The molecular weight excluding hydrogens is 294 g/mol. The summed E-state index contributed by atoms with van der Waals surface area (Å²) in [4.78, 5) is 14.8. The lowest BCUT2D eigenvalue weighted by Crippen LogP contribution is -2.63. The van der Waals surface area contributed by atoms with Crippen LogP contribution in [0.4, 0.5) is 0 Å². The van der Waals surface area contributed by atoms with Gasteiger partial charge in [-0.25, -0.2) is 0 Å². The SMILES string of the molecule is C#CC(=O)N1[C@@H](CCCC)Cc2cc(C)ccc2[C@@H]1C12CC(C1)C2. The van der Waals surface area contributed by atoms with Crippen molar-refractivity contribution < 1.29 is 4.79 Å². The third-order valence-corrected chi connectivity index (χ3v) is 6.63. The molecule has 0 aromatic heterocycles. The fraction of sp³-hybridized carbons (Fsp3) is 0.591. The van der Waals surface area contributed by atoms with Crippen molar-refractivity contribution in [2.24, 2.45) is 11.3 Å². The lowest BCUT2D eigenvalue weighted by Gasteiger charge is -2.68. The van der Waals surface area contributed by atoms with Crippen LogP contribution in [0.25, 0.3) is 0 Å². The molecule has 3 saturated carbocycles. The topological polar surface area (TPSA) is 20.3 Å². The van der Waals surface area contributed by atoms with Gasteiger partial charge in [0.1, 0.15) is 0 Å². The van der Waals surface area contributed by atoms with Crippen molar-refractivity contribution in [3.63, 3.8) is 0 Å². The summed E-state index contributed by atoms with van der Waals surface area (Å²) in [5, 5.41) is 0. The molecule has 1 aromatic rings. The molecule has 3 aliphatic carbocycles. The Bertz CT molecular complexity index is 696. The van der Waals surface area contributed by atoms with E-state index in [1.54, 1.807) is 0 Å². The van der Waals surface area contributed by atoms with Gasteiger partial charge in [-0.15, -0.1) is 6.42 Å². The second-order valence-electron chi connectivity index (χ2n) is 8.30. The summed E-state index contributed by atoms with van der Waals surface area (Å²) in [5.41, 5.74) is 4.45. The van der Waals surface area contributed by atoms with Gasteiger partial charge in [0.15, 0.2) is 0 Å². The molecule has 0 saturated heterocycles. The van der Waals surface area contributed by atoms with Gasteiger partial charge < -0.3 is 4.90 Å². The third kappa shape index (κ3) is 2.21. The van der Waals surface area contributed by atoms with Crippen molar-refractivity contribution in [1.29, 1.82) is 0 Å². The molecule has 0 unspecified atom stereocenters. The van der Waals surface area contributed by atoms with Crippen LogP contribution in [0.15, 0.2) is 18.2 Å². The fourth-order valence-corrected chi connectivity index (χ4v) is 5.43. The summed E-state index contributed by atoms with van der Waals surface area (Å²) in [6.07, 6.45) is 13.7. The Hall–Kier alpha value is -1.75. The maximum Gasteiger partial charge on any atom is 0.299 e. The third-order valence-electron chi connectivity index (χ3n) is 6.63. The number of unbranched alkanes of at least 4 members (excludes halogenated alkanes) is 1. The van der Waals surface area contributed by atoms with Crippen LogP contribution < -0.4 is 0 Å². The Labute approximate surface area is 145 Å². The Morgan fingerprint density at radius 2 is 2.12 bits per heavy atom. The maximum atomic E-state index is 12.7. The Morgan fingerprint density at radius 1 is 1.38 bits per heavy atom. The van der Waals surface area contributed by atoms with Crippen molar-refractivity contribution in [3.8, 4) is 12.3 Å². The van der Waals surface area contributed by atoms with Crippen molar-refractivity contribution in [2.45, 2.75) is 70.9 Å². The predicted molar refractivity (Wildman–Crippen MR) is 96.4 cm³/mol. The van der Waals surface area contributed by atoms with Gasteiger partial charge in [0.05, 0.1) is 6.04 Å². The highest BCUT2D eigenvalue weighted by molar-refractivity contribution is 5.93. The minimum Gasteiger partial charge on any atom is -0.321 e. The average molecular weight is 321 g/mol. The van der Waals surface area contributed by atoms with Crippen LogP contribution >= 0.6 is 0 Å². The zero-order chi connectivity index (χ0) is 16.9. The van der Waals surface area contributed by atoms with Crippen LogP contribution in [0.5, 0.6) is 0 Å². The van der Waals surface area contributed by atoms with E-state index in [1.807, 2.05) is 0 Å². The summed E-state index contributed by atoms with van der Waals surface area (Å²) >= 11 is 0. The van der Waals surface area contributed by atoms with E-state index in [0.29, 0.717) is 5.41 Å².